The zero-order chi connectivity index (χ0) is 15.4. The van der Waals surface area contributed by atoms with E-state index < -0.39 is 12.0 Å². The monoisotopic (exact) mass is 310 g/mol. The molecule has 0 saturated heterocycles. The zero-order valence-electron chi connectivity index (χ0n) is 11.8. The number of ether oxygens (including phenoxy) is 1. The van der Waals surface area contributed by atoms with E-state index in [4.69, 9.17) is 16.3 Å². The molecule has 0 fully saturated rings. The van der Waals surface area contributed by atoms with E-state index in [0.717, 1.165) is 10.1 Å². The van der Waals surface area contributed by atoms with Crippen LogP contribution in [0.2, 0.25) is 5.15 Å². The van der Waals surface area contributed by atoms with Crippen LogP contribution in [0.25, 0.3) is 0 Å². The lowest BCUT2D eigenvalue weighted by Gasteiger charge is -2.11. The first kappa shape index (κ1) is 15.5. The summed E-state index contributed by atoms with van der Waals surface area (Å²) in [6.45, 7) is 3.69. The Labute approximate surface area is 127 Å². The van der Waals surface area contributed by atoms with E-state index in [0.29, 0.717) is 6.42 Å². The fourth-order valence-corrected chi connectivity index (χ4v) is 2.20. The van der Waals surface area contributed by atoms with Gasteiger partial charge in [-0.25, -0.2) is 4.79 Å². The van der Waals surface area contributed by atoms with Gasteiger partial charge < -0.3 is 4.74 Å². The number of hydrogen-bond acceptors (Lipinski definition) is 3. The van der Waals surface area contributed by atoms with Crippen LogP contribution in [0.1, 0.15) is 29.9 Å². The number of esters is 1. The molecule has 112 valence electrons. The smallest absolute Gasteiger partial charge is 0.358 e. The molecule has 0 aliphatic rings. The van der Waals surface area contributed by atoms with Crippen molar-refractivity contribution in [1.29, 1.82) is 0 Å². The molecule has 2 rings (SSSR count). The maximum absolute atomic E-state index is 13.8. The molecule has 1 heterocycles. The van der Waals surface area contributed by atoms with Crippen molar-refractivity contribution in [2.24, 2.45) is 0 Å². The first-order valence-corrected chi connectivity index (χ1v) is 7.03. The number of rotatable bonds is 5. The lowest BCUT2D eigenvalue weighted by Crippen LogP contribution is -2.18. The first-order valence-electron chi connectivity index (χ1n) is 6.65. The van der Waals surface area contributed by atoms with Gasteiger partial charge in [-0.2, -0.15) is 9.37 Å². The van der Waals surface area contributed by atoms with Crippen molar-refractivity contribution in [2.75, 3.05) is 0 Å². The minimum atomic E-state index is -0.786. The Bertz CT molecular complexity index is 626. The Morgan fingerprint density at radius 2 is 2.05 bits per heavy atom. The Kier molecular flexibility index (Phi) is 4.96. The lowest BCUT2D eigenvalue weighted by molar-refractivity contribution is 0.0363. The van der Waals surface area contributed by atoms with Gasteiger partial charge in [-0.1, -0.05) is 41.9 Å². The van der Waals surface area contributed by atoms with Crippen LogP contribution in [-0.4, -0.2) is 21.6 Å². The SMILES string of the molecule is CC(C)OC(=O)c1c(Cl)nc(F)n1CCc1ccccc1. The molecule has 0 aliphatic carbocycles. The van der Waals surface area contributed by atoms with Gasteiger partial charge in [0.1, 0.15) is 0 Å². The molecule has 0 N–H and O–H groups in total. The van der Waals surface area contributed by atoms with Gasteiger partial charge in [0.15, 0.2) is 10.8 Å². The van der Waals surface area contributed by atoms with Gasteiger partial charge >= 0.3 is 5.97 Å². The van der Waals surface area contributed by atoms with E-state index >= 15 is 0 Å². The highest BCUT2D eigenvalue weighted by Gasteiger charge is 2.24. The van der Waals surface area contributed by atoms with Crippen molar-refractivity contribution in [3.05, 3.63) is 52.8 Å². The zero-order valence-corrected chi connectivity index (χ0v) is 12.6. The van der Waals surface area contributed by atoms with Gasteiger partial charge in [-0.05, 0) is 25.8 Å². The van der Waals surface area contributed by atoms with Crippen LogP contribution < -0.4 is 0 Å². The summed E-state index contributed by atoms with van der Waals surface area (Å²) in [5.41, 5.74) is 0.990. The number of hydrogen-bond donors (Lipinski definition) is 0. The Morgan fingerprint density at radius 1 is 1.38 bits per heavy atom. The van der Waals surface area contributed by atoms with E-state index in [1.54, 1.807) is 13.8 Å². The molecule has 1 aromatic carbocycles. The molecule has 1 aromatic heterocycles. The van der Waals surface area contributed by atoms with Crippen LogP contribution in [0.15, 0.2) is 30.3 Å². The van der Waals surface area contributed by atoms with Crippen LogP contribution in [0.5, 0.6) is 0 Å². The molecular formula is C15H16ClFN2O2. The molecule has 0 aliphatic heterocycles. The minimum absolute atomic E-state index is 0.0428. The third kappa shape index (κ3) is 3.82. The second kappa shape index (κ2) is 6.72. The van der Waals surface area contributed by atoms with Gasteiger partial charge in [0.25, 0.3) is 6.08 Å². The highest BCUT2D eigenvalue weighted by molar-refractivity contribution is 6.32. The quantitative estimate of drug-likeness (QED) is 0.794. The van der Waals surface area contributed by atoms with Crippen LogP contribution in [-0.2, 0) is 17.7 Å². The average molecular weight is 311 g/mol. The summed E-state index contributed by atoms with van der Waals surface area (Å²) in [5.74, 6) is -0.667. The van der Waals surface area contributed by atoms with Gasteiger partial charge in [0, 0.05) is 6.54 Å². The molecule has 0 amide bonds. The topological polar surface area (TPSA) is 44.1 Å². The molecule has 4 nitrogen and oxygen atoms in total. The fraction of sp³-hybridized carbons (Fsp3) is 0.333. The van der Waals surface area contributed by atoms with Crippen LogP contribution >= 0.6 is 11.6 Å². The number of benzene rings is 1. The Balaban J connectivity index is 2.20. The molecule has 0 unspecified atom stereocenters. The lowest BCUT2D eigenvalue weighted by atomic mass is 10.1. The number of nitrogens with zero attached hydrogens (tertiary/aromatic N) is 2. The predicted octanol–water partition coefficient (Wildman–Crippen LogP) is 3.48. The van der Waals surface area contributed by atoms with Gasteiger partial charge in [0.05, 0.1) is 6.10 Å². The summed E-state index contributed by atoms with van der Waals surface area (Å²) >= 11 is 5.84. The number of imidazole rings is 1. The van der Waals surface area contributed by atoms with Crippen LogP contribution in [0, 0.1) is 6.08 Å². The van der Waals surface area contributed by atoms with Crippen molar-refractivity contribution in [1.82, 2.24) is 9.55 Å². The number of halogens is 2. The summed E-state index contributed by atoms with van der Waals surface area (Å²) in [7, 11) is 0. The van der Waals surface area contributed by atoms with Crippen molar-refractivity contribution in [3.63, 3.8) is 0 Å². The molecular weight excluding hydrogens is 295 g/mol. The molecule has 21 heavy (non-hydrogen) atoms. The Morgan fingerprint density at radius 3 is 2.67 bits per heavy atom. The van der Waals surface area contributed by atoms with Crippen molar-refractivity contribution in [3.8, 4) is 0 Å². The summed E-state index contributed by atoms with van der Waals surface area (Å²) in [6, 6.07) is 9.58. The second-order valence-corrected chi connectivity index (χ2v) is 5.22. The third-order valence-electron chi connectivity index (χ3n) is 2.88. The number of aromatic nitrogens is 2. The normalized spacial score (nSPS) is 10.9. The molecule has 0 saturated carbocycles. The highest BCUT2D eigenvalue weighted by Crippen LogP contribution is 2.19. The predicted molar refractivity (Wildman–Crippen MR) is 77.9 cm³/mol. The Hall–Kier alpha value is -1.88. The third-order valence-corrected chi connectivity index (χ3v) is 3.14. The average Bonchev–Trinajstić information content (AvgIpc) is 2.71. The summed E-state index contributed by atoms with van der Waals surface area (Å²) in [4.78, 5) is 15.5. The van der Waals surface area contributed by atoms with Crippen LogP contribution in [0.4, 0.5) is 4.39 Å². The van der Waals surface area contributed by atoms with Gasteiger partial charge in [-0.15, -0.1) is 0 Å². The largest absolute Gasteiger partial charge is 0.458 e. The first-order chi connectivity index (χ1) is 9.99. The van der Waals surface area contributed by atoms with E-state index in [-0.39, 0.29) is 23.5 Å². The molecule has 0 bridgehead atoms. The van der Waals surface area contributed by atoms with Gasteiger partial charge in [-0.3, -0.25) is 4.57 Å². The summed E-state index contributed by atoms with van der Waals surface area (Å²) in [6.07, 6.45) is -0.535. The summed E-state index contributed by atoms with van der Waals surface area (Å²) < 4.78 is 20.1. The highest BCUT2D eigenvalue weighted by atomic mass is 35.5. The van der Waals surface area contributed by atoms with Crippen molar-refractivity contribution >= 4 is 17.6 Å². The molecule has 2 aromatic rings. The molecule has 0 radical (unpaired) electrons. The van der Waals surface area contributed by atoms with E-state index in [2.05, 4.69) is 4.98 Å². The van der Waals surface area contributed by atoms with E-state index in [1.807, 2.05) is 30.3 Å². The van der Waals surface area contributed by atoms with Crippen LogP contribution in [0.3, 0.4) is 0 Å². The maximum Gasteiger partial charge on any atom is 0.358 e. The molecule has 0 spiro atoms. The summed E-state index contributed by atoms with van der Waals surface area (Å²) in [5, 5.41) is -0.175. The van der Waals surface area contributed by atoms with Crippen molar-refractivity contribution < 1.29 is 13.9 Å². The number of carbonyl (C=O) groups is 1. The standard InChI is InChI=1S/C15H16ClFN2O2/c1-10(2)21-14(20)12-13(16)18-15(17)19(12)9-8-11-6-4-3-5-7-11/h3-7,10H,8-9H2,1-2H3. The van der Waals surface area contributed by atoms with Gasteiger partial charge in [0.2, 0.25) is 0 Å². The van der Waals surface area contributed by atoms with E-state index in [1.165, 1.54) is 0 Å². The number of carbonyl (C=O) groups excluding carboxylic acids is 1. The minimum Gasteiger partial charge on any atom is -0.458 e. The maximum atomic E-state index is 13.8. The van der Waals surface area contributed by atoms with Crippen molar-refractivity contribution in [2.45, 2.75) is 32.9 Å². The number of aryl methyl sites for hydroxylation is 1. The second-order valence-electron chi connectivity index (χ2n) is 4.86. The molecule has 6 heteroatoms. The molecule has 0 atom stereocenters. The fourth-order valence-electron chi connectivity index (χ4n) is 1.95. The van der Waals surface area contributed by atoms with E-state index in [9.17, 15) is 9.18 Å².